The minimum absolute atomic E-state index is 0.112. The third-order valence-corrected chi connectivity index (χ3v) is 2.17. The quantitative estimate of drug-likeness (QED) is 0.482. The molecule has 0 aliphatic heterocycles. The molecule has 0 atom stereocenters. The minimum Gasteiger partial charge on any atom is -0.481 e. The maximum atomic E-state index is 12.4. The summed E-state index contributed by atoms with van der Waals surface area (Å²) >= 11 is 0. The molecule has 19 heavy (non-hydrogen) atoms. The Labute approximate surface area is 108 Å². The second kappa shape index (κ2) is 6.12. The first-order chi connectivity index (χ1) is 8.92. The number of rotatable bonds is 3. The minimum atomic E-state index is -4.46. The standard InChI is InChI=1S/C12H12F3N3O/c1-4-8(5-10(16-2)19-3)11-17-6-9(7-18-11)12(13,14)15/h4-7H,1H2,2-3H3/b8-5+,16-10?. The van der Waals surface area contributed by atoms with E-state index in [2.05, 4.69) is 21.5 Å². The second-order valence-electron chi connectivity index (χ2n) is 3.36. The highest BCUT2D eigenvalue weighted by molar-refractivity contribution is 5.96. The van der Waals surface area contributed by atoms with Crippen molar-refractivity contribution in [3.8, 4) is 0 Å². The molecule has 0 bridgehead atoms. The first-order valence-corrected chi connectivity index (χ1v) is 5.17. The van der Waals surface area contributed by atoms with Crippen LogP contribution in [0.15, 0.2) is 36.1 Å². The molecule has 1 rings (SSSR count). The summed E-state index contributed by atoms with van der Waals surface area (Å²) < 4.78 is 42.0. The van der Waals surface area contributed by atoms with Gasteiger partial charge in [-0.05, 0) is 0 Å². The predicted octanol–water partition coefficient (Wildman–Crippen LogP) is 2.74. The molecule has 0 aliphatic rings. The van der Waals surface area contributed by atoms with E-state index in [4.69, 9.17) is 4.74 Å². The molecule has 7 heteroatoms. The molecule has 0 amide bonds. The van der Waals surface area contributed by atoms with Gasteiger partial charge >= 0.3 is 6.18 Å². The van der Waals surface area contributed by atoms with Crippen molar-refractivity contribution in [2.24, 2.45) is 4.99 Å². The molecule has 0 fully saturated rings. The highest BCUT2D eigenvalue weighted by Gasteiger charge is 2.31. The average molecular weight is 271 g/mol. The lowest BCUT2D eigenvalue weighted by atomic mass is 10.2. The van der Waals surface area contributed by atoms with Gasteiger partial charge < -0.3 is 4.74 Å². The summed E-state index contributed by atoms with van der Waals surface area (Å²) in [5, 5.41) is 0. The Bertz CT molecular complexity index is 504. The molecule has 0 saturated carbocycles. The lowest BCUT2D eigenvalue weighted by Crippen LogP contribution is -2.07. The van der Waals surface area contributed by atoms with E-state index in [-0.39, 0.29) is 5.82 Å². The Morgan fingerprint density at radius 1 is 1.37 bits per heavy atom. The normalized spacial score (nSPS) is 13.3. The third-order valence-electron chi connectivity index (χ3n) is 2.17. The lowest BCUT2D eigenvalue weighted by molar-refractivity contribution is -0.138. The summed E-state index contributed by atoms with van der Waals surface area (Å²) in [6, 6.07) is 0. The van der Waals surface area contributed by atoms with Crippen LogP contribution in [0.5, 0.6) is 0 Å². The van der Waals surface area contributed by atoms with Crippen LogP contribution in [0.3, 0.4) is 0 Å². The van der Waals surface area contributed by atoms with E-state index in [0.29, 0.717) is 11.5 Å². The first-order valence-electron chi connectivity index (χ1n) is 5.17. The fraction of sp³-hybridized carbons (Fsp3) is 0.250. The summed E-state index contributed by atoms with van der Waals surface area (Å²) in [6.07, 6.45) is -0.133. The van der Waals surface area contributed by atoms with Crippen molar-refractivity contribution in [2.75, 3.05) is 14.2 Å². The Morgan fingerprint density at radius 3 is 2.32 bits per heavy atom. The van der Waals surface area contributed by atoms with Crippen molar-refractivity contribution in [3.05, 3.63) is 42.5 Å². The zero-order valence-electron chi connectivity index (χ0n) is 10.4. The van der Waals surface area contributed by atoms with Gasteiger partial charge in [0.2, 0.25) is 5.90 Å². The summed E-state index contributed by atoms with van der Waals surface area (Å²) in [4.78, 5) is 11.1. The average Bonchev–Trinajstić information content (AvgIpc) is 2.39. The molecule has 4 nitrogen and oxygen atoms in total. The molecule has 0 aromatic carbocycles. The molecular formula is C12H12F3N3O. The molecule has 0 saturated heterocycles. The predicted molar refractivity (Wildman–Crippen MR) is 65.6 cm³/mol. The van der Waals surface area contributed by atoms with Crippen molar-refractivity contribution >= 4 is 11.5 Å². The largest absolute Gasteiger partial charge is 0.481 e. The monoisotopic (exact) mass is 271 g/mol. The summed E-state index contributed by atoms with van der Waals surface area (Å²) in [5.41, 5.74) is -0.494. The van der Waals surface area contributed by atoms with Gasteiger partial charge in [0.25, 0.3) is 0 Å². The lowest BCUT2D eigenvalue weighted by Gasteiger charge is -2.06. The topological polar surface area (TPSA) is 47.4 Å². The van der Waals surface area contributed by atoms with Crippen LogP contribution in [0.25, 0.3) is 5.57 Å². The van der Waals surface area contributed by atoms with E-state index in [9.17, 15) is 13.2 Å². The van der Waals surface area contributed by atoms with Crippen LogP contribution in [-0.4, -0.2) is 30.0 Å². The van der Waals surface area contributed by atoms with Gasteiger partial charge in [0.15, 0.2) is 5.82 Å². The number of methoxy groups -OCH3 is 1. The van der Waals surface area contributed by atoms with Crippen molar-refractivity contribution in [2.45, 2.75) is 6.18 Å². The number of nitrogens with zero attached hydrogens (tertiary/aromatic N) is 3. The smallest absolute Gasteiger partial charge is 0.419 e. The fourth-order valence-corrected chi connectivity index (χ4v) is 1.19. The van der Waals surface area contributed by atoms with Gasteiger partial charge in [-0.15, -0.1) is 0 Å². The van der Waals surface area contributed by atoms with Gasteiger partial charge in [-0.2, -0.15) is 13.2 Å². The Hall–Kier alpha value is -2.18. The van der Waals surface area contributed by atoms with Crippen LogP contribution in [0.1, 0.15) is 11.4 Å². The molecule has 0 N–H and O–H groups in total. The number of allylic oxidation sites excluding steroid dienone is 2. The third kappa shape index (κ3) is 3.90. The van der Waals surface area contributed by atoms with Crippen LogP contribution < -0.4 is 0 Å². The van der Waals surface area contributed by atoms with E-state index in [1.807, 2.05) is 0 Å². The highest BCUT2D eigenvalue weighted by Crippen LogP contribution is 2.28. The van der Waals surface area contributed by atoms with Crippen LogP contribution in [0.2, 0.25) is 0 Å². The zero-order chi connectivity index (χ0) is 14.5. The highest BCUT2D eigenvalue weighted by atomic mass is 19.4. The van der Waals surface area contributed by atoms with Gasteiger partial charge in [-0.1, -0.05) is 12.7 Å². The first kappa shape index (κ1) is 14.9. The van der Waals surface area contributed by atoms with E-state index >= 15 is 0 Å². The van der Waals surface area contributed by atoms with Gasteiger partial charge in [-0.25, -0.2) is 9.97 Å². The zero-order valence-corrected chi connectivity index (χ0v) is 10.4. The number of alkyl halides is 3. The summed E-state index contributed by atoms with van der Waals surface area (Å²) in [7, 11) is 2.94. The molecule has 1 aromatic heterocycles. The van der Waals surface area contributed by atoms with Gasteiger partial charge in [0.1, 0.15) is 0 Å². The Kier molecular flexibility index (Phi) is 4.80. The molecule has 102 valence electrons. The van der Waals surface area contributed by atoms with Gasteiger partial charge in [0.05, 0.1) is 12.7 Å². The summed E-state index contributed by atoms with van der Waals surface area (Å²) in [6.45, 7) is 3.55. The molecule has 0 radical (unpaired) electrons. The van der Waals surface area contributed by atoms with Gasteiger partial charge in [-0.3, -0.25) is 4.99 Å². The Morgan fingerprint density at radius 2 is 1.95 bits per heavy atom. The van der Waals surface area contributed by atoms with Crippen molar-refractivity contribution in [1.82, 2.24) is 9.97 Å². The van der Waals surface area contributed by atoms with Crippen molar-refractivity contribution in [3.63, 3.8) is 0 Å². The number of aliphatic imine (C=N–C) groups is 1. The van der Waals surface area contributed by atoms with E-state index < -0.39 is 11.7 Å². The van der Waals surface area contributed by atoms with Crippen LogP contribution >= 0.6 is 0 Å². The molecular weight excluding hydrogens is 259 g/mol. The molecule has 1 heterocycles. The van der Waals surface area contributed by atoms with Gasteiger partial charge in [0, 0.05) is 31.1 Å². The van der Waals surface area contributed by atoms with Crippen LogP contribution in [0.4, 0.5) is 13.2 Å². The molecule has 0 spiro atoms. The van der Waals surface area contributed by atoms with Crippen molar-refractivity contribution < 1.29 is 17.9 Å². The number of hydrogen-bond acceptors (Lipinski definition) is 4. The molecule has 0 aliphatic carbocycles. The number of ether oxygens (including phenoxy) is 1. The summed E-state index contributed by atoms with van der Waals surface area (Å²) in [5.74, 6) is 0.402. The number of halogens is 3. The number of aromatic nitrogens is 2. The number of hydrogen-bond donors (Lipinski definition) is 0. The maximum absolute atomic E-state index is 12.4. The second-order valence-corrected chi connectivity index (χ2v) is 3.36. The fourth-order valence-electron chi connectivity index (χ4n) is 1.19. The maximum Gasteiger partial charge on any atom is 0.419 e. The molecule has 1 aromatic rings. The van der Waals surface area contributed by atoms with Crippen LogP contribution in [-0.2, 0) is 10.9 Å². The molecule has 0 unspecified atom stereocenters. The van der Waals surface area contributed by atoms with E-state index in [1.165, 1.54) is 26.3 Å². The Balaban J connectivity index is 3.11. The van der Waals surface area contributed by atoms with Crippen LogP contribution in [0, 0.1) is 0 Å². The van der Waals surface area contributed by atoms with Crippen molar-refractivity contribution in [1.29, 1.82) is 0 Å². The van der Waals surface area contributed by atoms with E-state index in [0.717, 1.165) is 12.4 Å². The SMILES string of the molecule is C=C/C(=C\C(=NC)OC)c1ncc(C(F)(F)F)cn1. The van der Waals surface area contributed by atoms with E-state index in [1.54, 1.807) is 0 Å².